The number of hydrogen-bond donors (Lipinski definition) is 0. The molecule has 0 N–H and O–H groups in total. The SMILES string of the molecule is C=Cc1ccc(C2=CC3COCC(C2)N3C(=O)OCc2ccccc2)cc1. The molecule has 1 saturated heterocycles. The van der Waals surface area contributed by atoms with E-state index in [4.69, 9.17) is 9.47 Å². The first kappa shape index (κ1) is 17.6. The predicted octanol–water partition coefficient (Wildman–Crippen LogP) is 4.52. The van der Waals surface area contributed by atoms with Gasteiger partial charge >= 0.3 is 6.09 Å². The van der Waals surface area contributed by atoms with Crippen molar-refractivity contribution in [2.45, 2.75) is 25.1 Å². The van der Waals surface area contributed by atoms with Gasteiger partial charge in [0, 0.05) is 0 Å². The first-order chi connectivity index (χ1) is 13.2. The molecule has 2 aliphatic rings. The summed E-state index contributed by atoms with van der Waals surface area (Å²) in [6.07, 6.45) is 4.48. The maximum absolute atomic E-state index is 12.7. The van der Waals surface area contributed by atoms with Crippen LogP contribution >= 0.6 is 0 Å². The summed E-state index contributed by atoms with van der Waals surface area (Å²) in [7, 11) is 0. The van der Waals surface area contributed by atoms with E-state index in [1.165, 1.54) is 11.1 Å². The number of nitrogens with zero attached hydrogens (tertiary/aromatic N) is 1. The quantitative estimate of drug-likeness (QED) is 0.803. The van der Waals surface area contributed by atoms with Crippen LogP contribution in [0.4, 0.5) is 4.79 Å². The van der Waals surface area contributed by atoms with Crippen LogP contribution in [0, 0.1) is 0 Å². The van der Waals surface area contributed by atoms with E-state index in [2.05, 4.69) is 36.9 Å². The Balaban J connectivity index is 1.49. The predicted molar refractivity (Wildman–Crippen MR) is 106 cm³/mol. The van der Waals surface area contributed by atoms with Crippen LogP contribution in [0.25, 0.3) is 11.6 Å². The van der Waals surface area contributed by atoms with Crippen LogP contribution in [-0.4, -0.2) is 36.3 Å². The van der Waals surface area contributed by atoms with Crippen molar-refractivity contribution in [3.8, 4) is 0 Å². The molecule has 2 bridgehead atoms. The zero-order valence-electron chi connectivity index (χ0n) is 15.2. The van der Waals surface area contributed by atoms with Gasteiger partial charge in [-0.2, -0.15) is 0 Å². The normalized spacial score (nSPS) is 21.3. The van der Waals surface area contributed by atoms with Crippen LogP contribution < -0.4 is 0 Å². The molecule has 0 aliphatic carbocycles. The second-order valence-corrected chi connectivity index (χ2v) is 6.93. The highest BCUT2D eigenvalue weighted by atomic mass is 16.6. The molecule has 0 spiro atoms. The minimum atomic E-state index is -0.269. The molecule has 4 heteroatoms. The van der Waals surface area contributed by atoms with Crippen LogP contribution in [0.1, 0.15) is 23.1 Å². The fourth-order valence-electron chi connectivity index (χ4n) is 3.72. The summed E-state index contributed by atoms with van der Waals surface area (Å²) >= 11 is 0. The number of ether oxygens (including phenoxy) is 2. The fraction of sp³-hybridized carbons (Fsp3) is 0.261. The second-order valence-electron chi connectivity index (χ2n) is 6.93. The van der Waals surface area contributed by atoms with Crippen molar-refractivity contribution < 1.29 is 14.3 Å². The standard InChI is InChI=1S/C23H23NO3/c1-2-17-8-10-19(11-9-17)20-12-21-15-26-16-22(13-20)24(21)23(25)27-14-18-6-4-3-5-7-18/h2-12,21-22H,1,13-16H2. The highest BCUT2D eigenvalue weighted by Gasteiger charge is 2.39. The van der Waals surface area contributed by atoms with Gasteiger partial charge in [-0.15, -0.1) is 0 Å². The topological polar surface area (TPSA) is 38.8 Å². The van der Waals surface area contributed by atoms with Crippen molar-refractivity contribution >= 4 is 17.7 Å². The summed E-state index contributed by atoms with van der Waals surface area (Å²) < 4.78 is 11.3. The molecule has 1 fully saturated rings. The van der Waals surface area contributed by atoms with Gasteiger partial charge in [0.2, 0.25) is 0 Å². The van der Waals surface area contributed by atoms with Crippen LogP contribution in [-0.2, 0) is 16.1 Å². The van der Waals surface area contributed by atoms with Gasteiger partial charge in [0.25, 0.3) is 0 Å². The van der Waals surface area contributed by atoms with Crippen LogP contribution in [0.3, 0.4) is 0 Å². The maximum Gasteiger partial charge on any atom is 0.411 e. The molecule has 1 amide bonds. The number of amides is 1. The van der Waals surface area contributed by atoms with Crippen molar-refractivity contribution in [2.24, 2.45) is 0 Å². The van der Waals surface area contributed by atoms with E-state index >= 15 is 0 Å². The van der Waals surface area contributed by atoms with E-state index in [9.17, 15) is 4.79 Å². The maximum atomic E-state index is 12.7. The van der Waals surface area contributed by atoms with Crippen molar-refractivity contribution in [1.82, 2.24) is 4.90 Å². The molecule has 0 radical (unpaired) electrons. The molecular formula is C23H23NO3. The molecule has 2 atom stereocenters. The van der Waals surface area contributed by atoms with Crippen LogP contribution in [0.2, 0.25) is 0 Å². The summed E-state index contributed by atoms with van der Waals surface area (Å²) in [4.78, 5) is 14.6. The Morgan fingerprint density at radius 3 is 2.63 bits per heavy atom. The molecular weight excluding hydrogens is 338 g/mol. The Morgan fingerprint density at radius 2 is 1.93 bits per heavy atom. The number of benzene rings is 2. The van der Waals surface area contributed by atoms with Crippen molar-refractivity contribution in [1.29, 1.82) is 0 Å². The molecule has 0 aromatic heterocycles. The number of fused-ring (bicyclic) bond motifs is 2. The Hall–Kier alpha value is -2.85. The summed E-state index contributed by atoms with van der Waals surface area (Å²) in [6, 6.07) is 18.0. The second kappa shape index (κ2) is 7.80. The van der Waals surface area contributed by atoms with E-state index < -0.39 is 0 Å². The fourth-order valence-corrected chi connectivity index (χ4v) is 3.72. The van der Waals surface area contributed by atoms with Crippen LogP contribution in [0.15, 0.2) is 67.3 Å². The molecule has 138 valence electrons. The lowest BCUT2D eigenvalue weighted by molar-refractivity contribution is -0.0342. The molecule has 2 aromatic rings. The number of hydrogen-bond acceptors (Lipinski definition) is 3. The van der Waals surface area contributed by atoms with Gasteiger partial charge in [0.15, 0.2) is 0 Å². The zero-order chi connectivity index (χ0) is 18.6. The molecule has 2 heterocycles. The third-order valence-corrected chi connectivity index (χ3v) is 5.13. The van der Waals surface area contributed by atoms with E-state index in [-0.39, 0.29) is 24.8 Å². The monoisotopic (exact) mass is 361 g/mol. The van der Waals surface area contributed by atoms with Gasteiger partial charge in [-0.3, -0.25) is 4.90 Å². The number of rotatable bonds is 4. The summed E-state index contributed by atoms with van der Waals surface area (Å²) in [5.74, 6) is 0. The Labute approximate surface area is 159 Å². The van der Waals surface area contributed by atoms with Gasteiger partial charge in [0.05, 0.1) is 25.3 Å². The number of carbonyl (C=O) groups excluding carboxylic acids is 1. The highest BCUT2D eigenvalue weighted by Crippen LogP contribution is 2.33. The summed E-state index contributed by atoms with van der Waals surface area (Å²) in [6.45, 7) is 5.13. The lowest BCUT2D eigenvalue weighted by Crippen LogP contribution is -2.56. The Kier molecular flexibility index (Phi) is 5.07. The zero-order valence-corrected chi connectivity index (χ0v) is 15.2. The minimum absolute atomic E-state index is 0.00565. The smallest absolute Gasteiger partial charge is 0.411 e. The molecule has 2 unspecified atom stereocenters. The first-order valence-electron chi connectivity index (χ1n) is 9.25. The average Bonchev–Trinajstić information content (AvgIpc) is 2.72. The Bertz CT molecular complexity index is 842. The highest BCUT2D eigenvalue weighted by molar-refractivity contribution is 5.75. The number of carbonyl (C=O) groups is 1. The van der Waals surface area contributed by atoms with E-state index in [0.717, 1.165) is 17.5 Å². The van der Waals surface area contributed by atoms with Crippen molar-refractivity contribution in [3.63, 3.8) is 0 Å². The van der Waals surface area contributed by atoms with Crippen LogP contribution in [0.5, 0.6) is 0 Å². The molecule has 0 saturated carbocycles. The van der Waals surface area contributed by atoms with Gasteiger partial charge < -0.3 is 9.47 Å². The van der Waals surface area contributed by atoms with Gasteiger partial charge in [-0.1, -0.05) is 73.3 Å². The van der Waals surface area contributed by atoms with Crippen molar-refractivity contribution in [2.75, 3.05) is 13.2 Å². The van der Waals surface area contributed by atoms with Gasteiger partial charge in [-0.25, -0.2) is 4.79 Å². The molecule has 4 nitrogen and oxygen atoms in total. The largest absolute Gasteiger partial charge is 0.445 e. The molecule has 2 aromatic carbocycles. The van der Waals surface area contributed by atoms with E-state index in [1.807, 2.05) is 41.3 Å². The molecule has 2 aliphatic heterocycles. The van der Waals surface area contributed by atoms with Crippen molar-refractivity contribution in [3.05, 3.63) is 83.9 Å². The van der Waals surface area contributed by atoms with Gasteiger partial charge in [0.1, 0.15) is 6.61 Å². The minimum Gasteiger partial charge on any atom is -0.445 e. The summed E-state index contributed by atoms with van der Waals surface area (Å²) in [5, 5.41) is 0. The molecule has 27 heavy (non-hydrogen) atoms. The van der Waals surface area contributed by atoms with E-state index in [0.29, 0.717) is 13.2 Å². The van der Waals surface area contributed by atoms with Gasteiger partial charge in [-0.05, 0) is 28.7 Å². The first-order valence-corrected chi connectivity index (χ1v) is 9.25. The van der Waals surface area contributed by atoms with E-state index in [1.54, 1.807) is 0 Å². The summed E-state index contributed by atoms with van der Waals surface area (Å²) in [5.41, 5.74) is 4.54. The Morgan fingerprint density at radius 1 is 1.15 bits per heavy atom. The number of morpholine rings is 1. The lowest BCUT2D eigenvalue weighted by atomic mass is 9.90. The third kappa shape index (κ3) is 3.81. The molecule has 4 rings (SSSR count). The third-order valence-electron chi connectivity index (χ3n) is 5.13. The average molecular weight is 361 g/mol. The lowest BCUT2D eigenvalue weighted by Gasteiger charge is -2.43.